The molecular weight excluding hydrogens is 266 g/mol. The Balaban J connectivity index is 1.75. The smallest absolute Gasteiger partial charge is 0.313 e. The highest BCUT2D eigenvalue weighted by molar-refractivity contribution is 7.99. The summed E-state index contributed by atoms with van der Waals surface area (Å²) in [5.41, 5.74) is 0. The predicted molar refractivity (Wildman–Crippen MR) is 69.3 cm³/mol. The van der Waals surface area contributed by atoms with Gasteiger partial charge in [-0.05, 0) is 25.7 Å². The Kier molecular flexibility index (Phi) is 3.74. The lowest BCUT2D eigenvalue weighted by Crippen LogP contribution is -2.18. The minimum Gasteiger partial charge on any atom is -0.481 e. The number of carboxylic acids is 1. The maximum Gasteiger partial charge on any atom is 0.313 e. The number of nitrogens with zero attached hydrogens (tertiary/aromatic N) is 3. The van der Waals surface area contributed by atoms with E-state index in [-0.39, 0.29) is 11.9 Å². The zero-order valence-corrected chi connectivity index (χ0v) is 11.4. The molecular formula is C12H17N3O3S. The highest BCUT2D eigenvalue weighted by Gasteiger charge is 2.31. The zero-order chi connectivity index (χ0) is 13.2. The second-order valence-electron chi connectivity index (χ2n) is 5.04. The molecule has 0 radical (unpaired) electrons. The number of hydrogen-bond donors (Lipinski definition) is 1. The van der Waals surface area contributed by atoms with Gasteiger partial charge >= 0.3 is 5.97 Å². The summed E-state index contributed by atoms with van der Waals surface area (Å²) in [6.07, 6.45) is 4.70. The Hall–Kier alpha value is -1.08. The van der Waals surface area contributed by atoms with Gasteiger partial charge in [-0.15, -0.1) is 10.2 Å². The maximum atomic E-state index is 10.7. The number of carboxylic acid groups (broad SMARTS) is 1. The van der Waals surface area contributed by atoms with Crippen molar-refractivity contribution in [1.82, 2.24) is 14.8 Å². The molecule has 0 amide bonds. The molecule has 0 aromatic carbocycles. The molecule has 2 fully saturated rings. The van der Waals surface area contributed by atoms with Crippen LogP contribution in [0.2, 0.25) is 0 Å². The Bertz CT molecular complexity index is 467. The summed E-state index contributed by atoms with van der Waals surface area (Å²) in [7, 11) is 0. The van der Waals surface area contributed by atoms with Crippen molar-refractivity contribution in [2.45, 2.75) is 49.4 Å². The highest BCUT2D eigenvalue weighted by Crippen LogP contribution is 2.40. The fourth-order valence-electron chi connectivity index (χ4n) is 2.34. The molecule has 104 valence electrons. The van der Waals surface area contributed by atoms with E-state index >= 15 is 0 Å². The normalized spacial score (nSPS) is 22.8. The first kappa shape index (κ1) is 12.9. The quantitative estimate of drug-likeness (QED) is 0.797. The number of aliphatic carboxylic acids is 1. The van der Waals surface area contributed by atoms with Crippen LogP contribution in [-0.2, 0) is 16.1 Å². The van der Waals surface area contributed by atoms with Gasteiger partial charge in [-0.3, -0.25) is 4.79 Å². The first-order valence-corrected chi connectivity index (χ1v) is 7.62. The first-order chi connectivity index (χ1) is 9.24. The molecule has 1 saturated carbocycles. The van der Waals surface area contributed by atoms with Crippen LogP contribution in [0, 0.1) is 0 Å². The van der Waals surface area contributed by atoms with E-state index in [1.807, 2.05) is 0 Å². The van der Waals surface area contributed by atoms with Gasteiger partial charge in [0.1, 0.15) is 5.82 Å². The van der Waals surface area contributed by atoms with Crippen molar-refractivity contribution in [3.63, 3.8) is 0 Å². The number of ether oxygens (including phenoxy) is 1. The van der Waals surface area contributed by atoms with Crippen LogP contribution in [0.4, 0.5) is 0 Å². The monoisotopic (exact) mass is 283 g/mol. The highest BCUT2D eigenvalue weighted by atomic mass is 32.2. The molecule has 2 heterocycles. The summed E-state index contributed by atoms with van der Waals surface area (Å²) in [5.74, 6) is 0.704. The van der Waals surface area contributed by atoms with E-state index < -0.39 is 5.97 Å². The van der Waals surface area contributed by atoms with Crippen molar-refractivity contribution in [2.24, 2.45) is 0 Å². The van der Waals surface area contributed by atoms with Gasteiger partial charge in [0.25, 0.3) is 0 Å². The largest absolute Gasteiger partial charge is 0.481 e. The number of aromatic nitrogens is 3. The fraction of sp³-hybridized carbons (Fsp3) is 0.750. The average Bonchev–Trinajstić information content (AvgIpc) is 2.95. The minimum absolute atomic E-state index is 0.0221. The lowest BCUT2D eigenvalue weighted by molar-refractivity contribution is -0.133. The van der Waals surface area contributed by atoms with E-state index in [1.54, 1.807) is 0 Å². The molecule has 1 aromatic rings. The topological polar surface area (TPSA) is 77.2 Å². The molecule has 1 aromatic heterocycles. The number of rotatable bonds is 6. The zero-order valence-electron chi connectivity index (χ0n) is 10.6. The lowest BCUT2D eigenvalue weighted by atomic mass is 10.2. The van der Waals surface area contributed by atoms with Crippen LogP contribution in [0.3, 0.4) is 0 Å². The molecule has 7 heteroatoms. The third-order valence-corrected chi connectivity index (χ3v) is 4.37. The van der Waals surface area contributed by atoms with Gasteiger partial charge in [0.05, 0.1) is 18.4 Å². The van der Waals surface area contributed by atoms with Crippen molar-refractivity contribution >= 4 is 17.7 Å². The number of hydrogen-bond acceptors (Lipinski definition) is 5. The van der Waals surface area contributed by atoms with Crippen LogP contribution in [0.25, 0.3) is 0 Å². The van der Waals surface area contributed by atoms with E-state index in [0.29, 0.717) is 11.1 Å². The van der Waals surface area contributed by atoms with Crippen LogP contribution in [0.1, 0.15) is 37.4 Å². The predicted octanol–water partition coefficient (Wildman–Crippen LogP) is 1.51. The van der Waals surface area contributed by atoms with Crippen LogP contribution < -0.4 is 0 Å². The molecule has 1 N–H and O–H groups in total. The van der Waals surface area contributed by atoms with Gasteiger partial charge in [0, 0.05) is 12.5 Å². The Morgan fingerprint density at radius 2 is 2.26 bits per heavy atom. The second-order valence-corrected chi connectivity index (χ2v) is 5.99. The van der Waals surface area contributed by atoms with Gasteiger partial charge in [-0.25, -0.2) is 0 Å². The summed E-state index contributed by atoms with van der Waals surface area (Å²) >= 11 is 1.24. The van der Waals surface area contributed by atoms with Crippen molar-refractivity contribution in [1.29, 1.82) is 0 Å². The molecule has 1 aliphatic carbocycles. The van der Waals surface area contributed by atoms with Crippen molar-refractivity contribution in [3.8, 4) is 0 Å². The van der Waals surface area contributed by atoms with Crippen LogP contribution in [0.5, 0.6) is 0 Å². The van der Waals surface area contributed by atoms with E-state index in [1.165, 1.54) is 11.8 Å². The van der Waals surface area contributed by atoms with Crippen molar-refractivity contribution in [3.05, 3.63) is 5.82 Å². The summed E-state index contributed by atoms with van der Waals surface area (Å²) in [5, 5.41) is 17.9. The molecule has 0 bridgehead atoms. The average molecular weight is 283 g/mol. The second kappa shape index (κ2) is 5.50. The summed E-state index contributed by atoms with van der Waals surface area (Å²) < 4.78 is 7.73. The SMILES string of the molecule is O=C(O)CSc1nnc(C2CC2)n1CC1CCCO1. The lowest BCUT2D eigenvalue weighted by Gasteiger charge is -2.14. The minimum atomic E-state index is -0.829. The van der Waals surface area contributed by atoms with Crippen molar-refractivity contribution in [2.75, 3.05) is 12.4 Å². The molecule has 0 spiro atoms. The van der Waals surface area contributed by atoms with E-state index in [0.717, 1.165) is 44.7 Å². The van der Waals surface area contributed by atoms with Crippen LogP contribution >= 0.6 is 11.8 Å². The summed E-state index contributed by atoms with van der Waals surface area (Å²) in [6, 6.07) is 0. The summed E-state index contributed by atoms with van der Waals surface area (Å²) in [4.78, 5) is 10.7. The maximum absolute atomic E-state index is 10.7. The Morgan fingerprint density at radius 1 is 1.42 bits per heavy atom. The fourth-order valence-corrected chi connectivity index (χ4v) is 3.02. The molecule has 1 atom stereocenters. The van der Waals surface area contributed by atoms with Gasteiger partial charge < -0.3 is 14.4 Å². The van der Waals surface area contributed by atoms with E-state index in [4.69, 9.17) is 9.84 Å². The van der Waals surface area contributed by atoms with Gasteiger partial charge in [0.2, 0.25) is 0 Å². The summed E-state index contributed by atoms with van der Waals surface area (Å²) in [6.45, 7) is 1.57. The molecule has 1 saturated heterocycles. The standard InChI is InChI=1S/C12H17N3O3S/c16-10(17)7-19-12-14-13-11(8-3-4-8)15(12)6-9-2-1-5-18-9/h8-9H,1-7H2,(H,16,17). The Morgan fingerprint density at radius 3 is 2.89 bits per heavy atom. The molecule has 19 heavy (non-hydrogen) atoms. The molecule has 2 aliphatic rings. The molecule has 6 nitrogen and oxygen atoms in total. The van der Waals surface area contributed by atoms with E-state index in [2.05, 4.69) is 14.8 Å². The van der Waals surface area contributed by atoms with Gasteiger partial charge in [-0.1, -0.05) is 11.8 Å². The third kappa shape index (κ3) is 3.09. The third-order valence-electron chi connectivity index (χ3n) is 3.42. The Labute approximate surface area is 115 Å². The van der Waals surface area contributed by atoms with Crippen LogP contribution in [-0.4, -0.2) is 44.3 Å². The van der Waals surface area contributed by atoms with Crippen molar-refractivity contribution < 1.29 is 14.6 Å². The van der Waals surface area contributed by atoms with Gasteiger partial charge in [0.15, 0.2) is 5.16 Å². The van der Waals surface area contributed by atoms with Crippen LogP contribution in [0.15, 0.2) is 5.16 Å². The molecule has 1 unspecified atom stereocenters. The van der Waals surface area contributed by atoms with Gasteiger partial charge in [-0.2, -0.15) is 0 Å². The molecule has 3 rings (SSSR count). The first-order valence-electron chi connectivity index (χ1n) is 6.63. The van der Waals surface area contributed by atoms with E-state index in [9.17, 15) is 4.79 Å². The number of carbonyl (C=O) groups is 1. The number of thioether (sulfide) groups is 1. The molecule has 1 aliphatic heterocycles.